The predicted octanol–water partition coefficient (Wildman–Crippen LogP) is 4.22. The van der Waals surface area contributed by atoms with Crippen LogP contribution in [0.4, 0.5) is 17.5 Å². The van der Waals surface area contributed by atoms with E-state index in [0.717, 1.165) is 29.6 Å². The number of nitrogens with one attached hydrogen (secondary N) is 2. The summed E-state index contributed by atoms with van der Waals surface area (Å²) < 4.78 is 1.72. The number of hydrogen-bond donors (Lipinski definition) is 2. The molecule has 140 valence electrons. The minimum Gasteiger partial charge on any atom is -0.367 e. The molecule has 0 aliphatic heterocycles. The van der Waals surface area contributed by atoms with Crippen LogP contribution >= 0.6 is 0 Å². The quantitative estimate of drug-likeness (QED) is 0.710. The summed E-state index contributed by atoms with van der Waals surface area (Å²) in [7, 11) is 0. The lowest BCUT2D eigenvalue weighted by Crippen LogP contribution is -2.22. The summed E-state index contributed by atoms with van der Waals surface area (Å²) in [5, 5.41) is 8.35. The van der Waals surface area contributed by atoms with E-state index in [4.69, 9.17) is 4.98 Å². The van der Waals surface area contributed by atoms with Crippen molar-refractivity contribution in [2.45, 2.75) is 52.1 Å². The molecular weight excluding hydrogens is 338 g/mol. The van der Waals surface area contributed by atoms with Gasteiger partial charge in [-0.3, -0.25) is 4.79 Å². The van der Waals surface area contributed by atoms with Gasteiger partial charge in [0, 0.05) is 25.0 Å². The Morgan fingerprint density at radius 2 is 2.00 bits per heavy atom. The zero-order valence-electron chi connectivity index (χ0n) is 15.8. The molecule has 0 aromatic carbocycles. The highest BCUT2D eigenvalue weighted by molar-refractivity contribution is 5.93. The van der Waals surface area contributed by atoms with Gasteiger partial charge in [-0.1, -0.05) is 12.8 Å². The molecule has 3 aromatic heterocycles. The topological polar surface area (TPSA) is 71.8 Å². The van der Waals surface area contributed by atoms with Gasteiger partial charge >= 0.3 is 0 Å². The van der Waals surface area contributed by atoms with Crippen molar-refractivity contribution in [2.75, 3.05) is 10.6 Å². The average Bonchev–Trinajstić information content (AvgIpc) is 3.15. The van der Waals surface area contributed by atoms with Gasteiger partial charge in [0.1, 0.15) is 17.5 Å². The number of nitrogens with zero attached hydrogens (tertiary/aromatic N) is 3. The third kappa shape index (κ3) is 3.65. The van der Waals surface area contributed by atoms with Crippen molar-refractivity contribution in [2.24, 2.45) is 0 Å². The Bertz CT molecular complexity index is 1020. The lowest BCUT2D eigenvalue weighted by atomic mass is 10.1. The lowest BCUT2D eigenvalue weighted by Gasteiger charge is -2.17. The minimum atomic E-state index is 0.00299. The Balaban J connectivity index is 1.80. The molecule has 4 rings (SSSR count). The second-order valence-corrected chi connectivity index (χ2v) is 7.20. The maximum Gasteiger partial charge on any atom is 0.262 e. The summed E-state index contributed by atoms with van der Waals surface area (Å²) in [6.07, 6.45) is 8.30. The first-order valence-corrected chi connectivity index (χ1v) is 9.64. The molecule has 1 saturated carbocycles. The van der Waals surface area contributed by atoms with Crippen LogP contribution in [0.15, 0.2) is 41.5 Å². The molecule has 0 spiro atoms. The standard InChI is InChI=1S/C21H25N5O/c1-3-26-11-9-15-13-18(24-17-12-14(2)8-10-22-17)25-20(19(15)21(26)27)23-16-6-4-5-7-16/h8-13,16H,3-7H2,1-2H3,(H2,22,23,24,25). The van der Waals surface area contributed by atoms with Crippen molar-refractivity contribution in [3.05, 3.63) is 52.6 Å². The van der Waals surface area contributed by atoms with Gasteiger partial charge in [0.2, 0.25) is 0 Å². The van der Waals surface area contributed by atoms with Crippen LogP contribution in [0, 0.1) is 6.92 Å². The minimum absolute atomic E-state index is 0.00299. The molecule has 1 aliphatic rings. The molecule has 1 aliphatic carbocycles. The van der Waals surface area contributed by atoms with Crippen molar-refractivity contribution >= 4 is 28.2 Å². The van der Waals surface area contributed by atoms with E-state index in [-0.39, 0.29) is 5.56 Å². The zero-order valence-corrected chi connectivity index (χ0v) is 15.8. The van der Waals surface area contributed by atoms with Gasteiger partial charge < -0.3 is 15.2 Å². The highest BCUT2D eigenvalue weighted by atomic mass is 16.1. The van der Waals surface area contributed by atoms with E-state index in [1.165, 1.54) is 12.8 Å². The summed E-state index contributed by atoms with van der Waals surface area (Å²) in [6.45, 7) is 4.65. The van der Waals surface area contributed by atoms with Crippen LogP contribution < -0.4 is 16.2 Å². The Morgan fingerprint density at radius 1 is 1.19 bits per heavy atom. The van der Waals surface area contributed by atoms with Crippen molar-refractivity contribution in [1.29, 1.82) is 0 Å². The van der Waals surface area contributed by atoms with Crippen molar-refractivity contribution in [3.8, 4) is 0 Å². The summed E-state index contributed by atoms with van der Waals surface area (Å²) in [4.78, 5) is 22.0. The van der Waals surface area contributed by atoms with Crippen LogP contribution in [0.3, 0.4) is 0 Å². The van der Waals surface area contributed by atoms with Gasteiger partial charge in [0.25, 0.3) is 5.56 Å². The maximum atomic E-state index is 12.9. The van der Waals surface area contributed by atoms with E-state index in [2.05, 4.69) is 15.6 Å². The fraction of sp³-hybridized carbons (Fsp3) is 0.381. The normalized spacial score (nSPS) is 14.6. The molecule has 0 radical (unpaired) electrons. The van der Waals surface area contributed by atoms with Crippen LogP contribution in [0.5, 0.6) is 0 Å². The van der Waals surface area contributed by atoms with Crippen LogP contribution in [0.1, 0.15) is 38.2 Å². The van der Waals surface area contributed by atoms with Crippen molar-refractivity contribution in [3.63, 3.8) is 0 Å². The fourth-order valence-corrected chi connectivity index (χ4v) is 3.72. The molecule has 0 amide bonds. The van der Waals surface area contributed by atoms with E-state index < -0.39 is 0 Å². The van der Waals surface area contributed by atoms with Crippen LogP contribution in [0.25, 0.3) is 10.8 Å². The Kier molecular flexibility index (Phi) is 4.79. The molecule has 6 heteroatoms. The average molecular weight is 363 g/mol. The van der Waals surface area contributed by atoms with Crippen molar-refractivity contribution < 1.29 is 0 Å². The predicted molar refractivity (Wildman–Crippen MR) is 110 cm³/mol. The Morgan fingerprint density at radius 3 is 2.74 bits per heavy atom. The second kappa shape index (κ2) is 7.39. The Labute approximate surface area is 158 Å². The highest BCUT2D eigenvalue weighted by Gasteiger charge is 2.19. The van der Waals surface area contributed by atoms with Crippen LogP contribution in [-0.2, 0) is 6.54 Å². The van der Waals surface area contributed by atoms with Crippen LogP contribution in [0.2, 0.25) is 0 Å². The summed E-state index contributed by atoms with van der Waals surface area (Å²) in [5.74, 6) is 2.10. The molecule has 3 aromatic rings. The molecule has 3 heterocycles. The molecular formula is C21H25N5O. The largest absolute Gasteiger partial charge is 0.367 e. The summed E-state index contributed by atoms with van der Waals surface area (Å²) in [6, 6.07) is 8.21. The first-order valence-electron chi connectivity index (χ1n) is 9.64. The van der Waals surface area contributed by atoms with Crippen molar-refractivity contribution in [1.82, 2.24) is 14.5 Å². The third-order valence-electron chi connectivity index (χ3n) is 5.17. The van der Waals surface area contributed by atoms with E-state index in [9.17, 15) is 4.79 Å². The molecule has 6 nitrogen and oxygen atoms in total. The number of aromatic nitrogens is 3. The smallest absolute Gasteiger partial charge is 0.262 e. The summed E-state index contributed by atoms with van der Waals surface area (Å²) >= 11 is 0. The van der Waals surface area contributed by atoms with Crippen LogP contribution in [-0.4, -0.2) is 20.6 Å². The molecule has 2 N–H and O–H groups in total. The molecule has 27 heavy (non-hydrogen) atoms. The SMILES string of the molecule is CCn1ccc2cc(Nc3cc(C)ccn3)nc(NC3CCCC3)c2c1=O. The number of fused-ring (bicyclic) bond motifs is 1. The third-order valence-corrected chi connectivity index (χ3v) is 5.17. The van der Waals surface area contributed by atoms with E-state index >= 15 is 0 Å². The van der Waals surface area contributed by atoms with E-state index in [1.807, 2.05) is 44.3 Å². The van der Waals surface area contributed by atoms with Gasteiger partial charge in [-0.05, 0) is 61.9 Å². The number of anilines is 3. The lowest BCUT2D eigenvalue weighted by molar-refractivity contribution is 0.732. The maximum absolute atomic E-state index is 12.9. The number of rotatable bonds is 5. The van der Waals surface area contributed by atoms with E-state index in [0.29, 0.717) is 29.6 Å². The second-order valence-electron chi connectivity index (χ2n) is 7.20. The fourth-order valence-electron chi connectivity index (χ4n) is 3.72. The molecule has 0 atom stereocenters. The molecule has 1 fully saturated rings. The summed E-state index contributed by atoms with van der Waals surface area (Å²) in [5.41, 5.74) is 1.13. The molecule has 0 saturated heterocycles. The van der Waals surface area contributed by atoms with Gasteiger partial charge in [-0.25, -0.2) is 9.97 Å². The Hall–Kier alpha value is -2.89. The molecule has 0 unspecified atom stereocenters. The van der Waals surface area contributed by atoms with Gasteiger partial charge in [-0.2, -0.15) is 0 Å². The van der Waals surface area contributed by atoms with Gasteiger partial charge in [0.15, 0.2) is 0 Å². The highest BCUT2D eigenvalue weighted by Crippen LogP contribution is 2.27. The van der Waals surface area contributed by atoms with Gasteiger partial charge in [0.05, 0.1) is 5.39 Å². The van der Waals surface area contributed by atoms with E-state index in [1.54, 1.807) is 10.8 Å². The zero-order chi connectivity index (χ0) is 18.8. The number of aryl methyl sites for hydroxylation is 2. The first-order chi connectivity index (χ1) is 13.1. The molecule has 0 bridgehead atoms. The number of hydrogen-bond acceptors (Lipinski definition) is 5. The first kappa shape index (κ1) is 17.5. The monoisotopic (exact) mass is 363 g/mol. The van der Waals surface area contributed by atoms with Gasteiger partial charge in [-0.15, -0.1) is 0 Å². The number of pyridine rings is 3.